The van der Waals surface area contributed by atoms with Gasteiger partial charge in [0.2, 0.25) is 0 Å². The highest BCUT2D eigenvalue weighted by Crippen LogP contribution is 2.31. The average molecular weight is 331 g/mol. The second-order valence-corrected chi connectivity index (χ2v) is 5.64. The van der Waals surface area contributed by atoms with Gasteiger partial charge in [0.25, 0.3) is 0 Å². The Labute approximate surface area is 144 Å². The quantitative estimate of drug-likeness (QED) is 0.584. The van der Waals surface area contributed by atoms with Crippen LogP contribution in [0, 0.1) is 0 Å². The smallest absolute Gasteiger partial charge is 0.142 e. The van der Waals surface area contributed by atoms with Crippen molar-refractivity contribution in [2.75, 3.05) is 12.4 Å². The third-order valence-electron chi connectivity index (χ3n) is 4.02. The number of methoxy groups -OCH3 is 1. The van der Waals surface area contributed by atoms with E-state index in [1.807, 2.05) is 42.6 Å². The van der Waals surface area contributed by atoms with Crippen molar-refractivity contribution in [2.24, 2.45) is 0 Å². The maximum absolute atomic E-state index is 5.47. The molecule has 0 saturated heterocycles. The van der Waals surface area contributed by atoms with Crippen molar-refractivity contribution in [1.82, 2.24) is 20.2 Å². The fourth-order valence-corrected chi connectivity index (χ4v) is 2.74. The summed E-state index contributed by atoms with van der Waals surface area (Å²) < 4.78 is 5.47. The average Bonchev–Trinajstić information content (AvgIpc) is 3.11. The van der Waals surface area contributed by atoms with Crippen molar-refractivity contribution in [2.45, 2.75) is 6.54 Å². The number of pyridine rings is 1. The lowest BCUT2D eigenvalue weighted by molar-refractivity contribution is 0.416. The Morgan fingerprint density at radius 3 is 2.88 bits per heavy atom. The fraction of sp³-hybridized carbons (Fsp3) is 0.105. The molecule has 6 heteroatoms. The highest BCUT2D eigenvalue weighted by Gasteiger charge is 2.09. The first-order valence-electron chi connectivity index (χ1n) is 7.95. The minimum Gasteiger partial charge on any atom is -0.495 e. The van der Waals surface area contributed by atoms with E-state index in [-0.39, 0.29) is 0 Å². The molecule has 0 unspecified atom stereocenters. The number of hydrogen-bond acceptors (Lipinski definition) is 5. The van der Waals surface area contributed by atoms with E-state index in [0.717, 1.165) is 39.3 Å². The van der Waals surface area contributed by atoms with Crippen LogP contribution in [-0.2, 0) is 6.54 Å². The van der Waals surface area contributed by atoms with E-state index in [9.17, 15) is 0 Å². The first-order chi connectivity index (χ1) is 12.3. The van der Waals surface area contributed by atoms with Gasteiger partial charge in [-0.25, -0.2) is 0 Å². The van der Waals surface area contributed by atoms with Crippen LogP contribution in [0.1, 0.15) is 5.56 Å². The Morgan fingerprint density at radius 1 is 1.12 bits per heavy atom. The van der Waals surface area contributed by atoms with Gasteiger partial charge in [-0.15, -0.1) is 5.10 Å². The SMILES string of the molecule is COc1ccc(-c2cc3nnccc3[nH]2)cc1NCc1cccnc1. The summed E-state index contributed by atoms with van der Waals surface area (Å²) in [5.74, 6) is 0.795. The van der Waals surface area contributed by atoms with Crippen LogP contribution in [0.3, 0.4) is 0 Å². The summed E-state index contributed by atoms with van der Waals surface area (Å²) in [6.07, 6.45) is 5.29. The van der Waals surface area contributed by atoms with Gasteiger partial charge in [-0.2, -0.15) is 5.10 Å². The summed E-state index contributed by atoms with van der Waals surface area (Å²) in [4.78, 5) is 7.51. The molecule has 0 atom stereocenters. The monoisotopic (exact) mass is 331 g/mol. The zero-order valence-electron chi connectivity index (χ0n) is 13.7. The number of aromatic nitrogens is 4. The molecule has 0 aliphatic rings. The van der Waals surface area contributed by atoms with Gasteiger partial charge in [-0.05, 0) is 42.0 Å². The molecule has 1 aromatic carbocycles. The molecule has 0 radical (unpaired) electrons. The lowest BCUT2D eigenvalue weighted by Crippen LogP contribution is -2.02. The number of ether oxygens (including phenoxy) is 1. The van der Waals surface area contributed by atoms with Gasteiger partial charge in [-0.1, -0.05) is 6.07 Å². The van der Waals surface area contributed by atoms with E-state index in [1.54, 1.807) is 19.5 Å². The van der Waals surface area contributed by atoms with E-state index >= 15 is 0 Å². The molecule has 0 fully saturated rings. The first-order valence-corrected chi connectivity index (χ1v) is 7.95. The third kappa shape index (κ3) is 3.14. The fourth-order valence-electron chi connectivity index (χ4n) is 2.74. The predicted molar refractivity (Wildman–Crippen MR) is 97.4 cm³/mol. The Hall–Kier alpha value is -3.41. The molecule has 25 heavy (non-hydrogen) atoms. The zero-order valence-corrected chi connectivity index (χ0v) is 13.7. The molecule has 3 aromatic heterocycles. The van der Waals surface area contributed by atoms with Gasteiger partial charge in [0.05, 0.1) is 24.5 Å². The molecule has 2 N–H and O–H groups in total. The summed E-state index contributed by atoms with van der Waals surface area (Å²) in [6.45, 7) is 0.672. The van der Waals surface area contributed by atoms with Gasteiger partial charge in [0, 0.05) is 30.2 Å². The minimum atomic E-state index is 0.672. The molecule has 0 bridgehead atoms. The molecule has 0 spiro atoms. The van der Waals surface area contributed by atoms with E-state index in [4.69, 9.17) is 4.74 Å². The van der Waals surface area contributed by atoms with Crippen LogP contribution in [0.2, 0.25) is 0 Å². The van der Waals surface area contributed by atoms with Crippen LogP contribution in [0.15, 0.2) is 61.1 Å². The zero-order chi connectivity index (χ0) is 17.1. The normalized spacial score (nSPS) is 10.8. The van der Waals surface area contributed by atoms with Crippen molar-refractivity contribution >= 4 is 16.7 Å². The molecule has 6 nitrogen and oxygen atoms in total. The van der Waals surface area contributed by atoms with Crippen LogP contribution < -0.4 is 10.1 Å². The lowest BCUT2D eigenvalue weighted by atomic mass is 10.1. The van der Waals surface area contributed by atoms with Crippen LogP contribution in [0.4, 0.5) is 5.69 Å². The van der Waals surface area contributed by atoms with Crippen LogP contribution in [-0.4, -0.2) is 27.3 Å². The Bertz CT molecular complexity index is 964. The minimum absolute atomic E-state index is 0.672. The summed E-state index contributed by atoms with van der Waals surface area (Å²) in [5.41, 5.74) is 5.88. The number of H-pyrrole nitrogens is 1. The number of nitrogens with zero attached hydrogens (tertiary/aromatic N) is 3. The Kier molecular flexibility index (Phi) is 4.00. The summed E-state index contributed by atoms with van der Waals surface area (Å²) >= 11 is 0. The third-order valence-corrected chi connectivity index (χ3v) is 4.02. The molecule has 4 rings (SSSR count). The molecule has 124 valence electrons. The largest absolute Gasteiger partial charge is 0.495 e. The van der Waals surface area contributed by atoms with E-state index < -0.39 is 0 Å². The van der Waals surface area contributed by atoms with E-state index in [2.05, 4.69) is 31.5 Å². The maximum atomic E-state index is 5.47. The van der Waals surface area contributed by atoms with Crippen molar-refractivity contribution in [1.29, 1.82) is 0 Å². The van der Waals surface area contributed by atoms with E-state index in [0.29, 0.717) is 6.54 Å². The molecular weight excluding hydrogens is 314 g/mol. The highest BCUT2D eigenvalue weighted by atomic mass is 16.5. The van der Waals surface area contributed by atoms with Crippen molar-refractivity contribution < 1.29 is 4.74 Å². The number of hydrogen-bond donors (Lipinski definition) is 2. The topological polar surface area (TPSA) is 75.7 Å². The van der Waals surface area contributed by atoms with Crippen molar-refractivity contribution in [3.63, 3.8) is 0 Å². The van der Waals surface area contributed by atoms with Gasteiger partial charge in [0.1, 0.15) is 11.3 Å². The predicted octanol–water partition coefficient (Wildman–Crippen LogP) is 3.64. The van der Waals surface area contributed by atoms with Gasteiger partial charge < -0.3 is 15.0 Å². The Morgan fingerprint density at radius 2 is 2.08 bits per heavy atom. The number of anilines is 1. The number of nitrogens with one attached hydrogen (secondary N) is 2. The second kappa shape index (κ2) is 6.60. The molecule has 0 saturated carbocycles. The standard InChI is InChI=1S/C19H17N5O/c1-25-19-5-4-14(16-10-17-15(23-16)6-8-22-24-17)9-18(19)21-12-13-3-2-7-20-11-13/h2-11,21,23H,12H2,1H3. The lowest BCUT2D eigenvalue weighted by Gasteiger charge is -2.12. The molecule has 4 aromatic rings. The second-order valence-electron chi connectivity index (χ2n) is 5.64. The maximum Gasteiger partial charge on any atom is 0.142 e. The van der Waals surface area contributed by atoms with Gasteiger partial charge >= 0.3 is 0 Å². The molecule has 0 aliphatic heterocycles. The number of rotatable bonds is 5. The van der Waals surface area contributed by atoms with Crippen molar-refractivity contribution in [3.05, 3.63) is 66.6 Å². The van der Waals surface area contributed by atoms with Crippen LogP contribution in [0.5, 0.6) is 5.75 Å². The number of fused-ring (bicyclic) bond motifs is 1. The van der Waals surface area contributed by atoms with Crippen LogP contribution in [0.25, 0.3) is 22.3 Å². The summed E-state index contributed by atoms with van der Waals surface area (Å²) in [6, 6.07) is 13.9. The van der Waals surface area contributed by atoms with E-state index in [1.165, 1.54) is 0 Å². The highest BCUT2D eigenvalue weighted by molar-refractivity contribution is 5.83. The van der Waals surface area contributed by atoms with Gasteiger partial charge in [-0.3, -0.25) is 4.98 Å². The molecule has 0 aliphatic carbocycles. The molecule has 3 heterocycles. The van der Waals surface area contributed by atoms with Crippen LogP contribution >= 0.6 is 0 Å². The number of aromatic amines is 1. The van der Waals surface area contributed by atoms with Crippen molar-refractivity contribution in [3.8, 4) is 17.0 Å². The Balaban J connectivity index is 1.65. The molecule has 0 amide bonds. The summed E-state index contributed by atoms with van der Waals surface area (Å²) in [7, 11) is 1.67. The van der Waals surface area contributed by atoms with Gasteiger partial charge in [0.15, 0.2) is 0 Å². The molecular formula is C19H17N5O. The number of benzene rings is 1. The summed E-state index contributed by atoms with van der Waals surface area (Å²) in [5, 5.41) is 11.5. The first kappa shape index (κ1) is 15.1.